The van der Waals surface area contributed by atoms with E-state index < -0.39 is 12.2 Å². The van der Waals surface area contributed by atoms with Crippen molar-refractivity contribution < 1.29 is 14.6 Å². The first-order chi connectivity index (χ1) is 15.8. The van der Waals surface area contributed by atoms with E-state index in [0.717, 1.165) is 17.9 Å². The summed E-state index contributed by atoms with van der Waals surface area (Å²) in [5, 5.41) is 16.0. The number of aliphatic hydroxyl groups excluding tert-OH is 1. The third kappa shape index (κ3) is 7.81. The van der Waals surface area contributed by atoms with Crippen molar-refractivity contribution in [1.82, 2.24) is 24.8 Å². The van der Waals surface area contributed by atoms with E-state index in [2.05, 4.69) is 46.5 Å². The first-order valence-electron chi connectivity index (χ1n) is 10.4. The SMILES string of the molecule is C[C@@H](O)[C@@H](C)Oc1nc(Nc2ccc(Nc3nccc(OCCN(C)C)n3)cc2)ncc1Br. The molecule has 3 aromatic rings. The summed E-state index contributed by atoms with van der Waals surface area (Å²) < 4.78 is 11.9. The van der Waals surface area contributed by atoms with Crippen LogP contribution in [0.4, 0.5) is 23.3 Å². The lowest BCUT2D eigenvalue weighted by Gasteiger charge is -2.17. The number of aromatic nitrogens is 4. The third-order valence-corrected chi connectivity index (χ3v) is 5.05. The molecule has 1 aromatic carbocycles. The van der Waals surface area contributed by atoms with Crippen LogP contribution < -0.4 is 20.1 Å². The quantitative estimate of drug-likeness (QED) is 0.348. The summed E-state index contributed by atoms with van der Waals surface area (Å²) in [4.78, 5) is 19.3. The van der Waals surface area contributed by atoms with Crippen molar-refractivity contribution in [2.45, 2.75) is 26.1 Å². The molecule has 0 saturated heterocycles. The Hall–Kier alpha value is -3.02. The molecule has 176 valence electrons. The lowest BCUT2D eigenvalue weighted by Crippen LogP contribution is -2.26. The zero-order valence-corrected chi connectivity index (χ0v) is 20.6. The molecule has 10 nitrogen and oxygen atoms in total. The van der Waals surface area contributed by atoms with Crippen molar-refractivity contribution in [3.05, 3.63) is 47.2 Å². The molecule has 0 bridgehead atoms. The van der Waals surface area contributed by atoms with Gasteiger partial charge in [-0.1, -0.05) is 0 Å². The molecule has 0 amide bonds. The Bertz CT molecular complexity index is 1030. The molecule has 3 rings (SSSR count). The largest absolute Gasteiger partial charge is 0.476 e. The molecule has 0 unspecified atom stereocenters. The van der Waals surface area contributed by atoms with E-state index >= 15 is 0 Å². The fraction of sp³-hybridized carbons (Fsp3) is 0.364. The Balaban J connectivity index is 1.61. The fourth-order valence-electron chi connectivity index (χ4n) is 2.48. The van der Waals surface area contributed by atoms with Gasteiger partial charge in [-0.2, -0.15) is 9.97 Å². The van der Waals surface area contributed by atoms with Gasteiger partial charge in [-0.25, -0.2) is 9.97 Å². The summed E-state index contributed by atoms with van der Waals surface area (Å²) in [6.45, 7) is 4.78. The monoisotopic (exact) mass is 517 g/mol. The lowest BCUT2D eigenvalue weighted by molar-refractivity contribution is 0.0569. The second-order valence-electron chi connectivity index (χ2n) is 7.61. The number of rotatable bonds is 11. The van der Waals surface area contributed by atoms with Crippen LogP contribution in [0.15, 0.2) is 47.2 Å². The molecule has 33 heavy (non-hydrogen) atoms. The number of likely N-dealkylation sites (N-methyl/N-ethyl adjacent to an activating group) is 1. The molecule has 3 N–H and O–H groups in total. The van der Waals surface area contributed by atoms with E-state index in [0.29, 0.717) is 34.7 Å². The van der Waals surface area contributed by atoms with E-state index in [1.807, 2.05) is 43.3 Å². The molecule has 2 atom stereocenters. The number of hydrogen-bond donors (Lipinski definition) is 3. The number of halogens is 1. The maximum atomic E-state index is 9.66. The molecule has 0 radical (unpaired) electrons. The number of nitrogens with one attached hydrogen (secondary N) is 2. The topological polar surface area (TPSA) is 118 Å². The van der Waals surface area contributed by atoms with Crippen LogP contribution in [0.1, 0.15) is 13.8 Å². The van der Waals surface area contributed by atoms with Gasteiger partial charge in [-0.3, -0.25) is 0 Å². The highest BCUT2D eigenvalue weighted by atomic mass is 79.9. The van der Waals surface area contributed by atoms with Crippen molar-refractivity contribution in [1.29, 1.82) is 0 Å². The molecule has 0 aliphatic heterocycles. The number of benzene rings is 1. The number of ether oxygens (including phenoxy) is 2. The van der Waals surface area contributed by atoms with Crippen molar-refractivity contribution >= 4 is 39.2 Å². The summed E-state index contributed by atoms with van der Waals surface area (Å²) >= 11 is 3.37. The van der Waals surface area contributed by atoms with Crippen LogP contribution in [0.3, 0.4) is 0 Å². The Morgan fingerprint density at radius 2 is 1.64 bits per heavy atom. The van der Waals surface area contributed by atoms with Gasteiger partial charge in [0.2, 0.25) is 23.7 Å². The predicted octanol–water partition coefficient (Wildman–Crippen LogP) is 3.60. The first-order valence-corrected chi connectivity index (χ1v) is 11.2. The van der Waals surface area contributed by atoms with E-state index in [4.69, 9.17) is 9.47 Å². The Kier molecular flexibility index (Phi) is 8.75. The number of anilines is 4. The third-order valence-electron chi connectivity index (χ3n) is 4.50. The second kappa shape index (κ2) is 11.7. The van der Waals surface area contributed by atoms with E-state index in [1.165, 1.54) is 0 Å². The zero-order chi connectivity index (χ0) is 23.8. The van der Waals surface area contributed by atoms with Gasteiger partial charge in [0.1, 0.15) is 12.7 Å². The van der Waals surface area contributed by atoms with Gasteiger partial charge in [-0.15, -0.1) is 0 Å². The number of aliphatic hydroxyl groups is 1. The van der Waals surface area contributed by atoms with Crippen molar-refractivity contribution in [2.24, 2.45) is 0 Å². The molecular weight excluding hydrogens is 490 g/mol. The number of nitrogens with zero attached hydrogens (tertiary/aromatic N) is 5. The van der Waals surface area contributed by atoms with Gasteiger partial charge >= 0.3 is 0 Å². The molecule has 0 saturated carbocycles. The van der Waals surface area contributed by atoms with E-state index in [-0.39, 0.29) is 0 Å². The van der Waals surface area contributed by atoms with Crippen molar-refractivity contribution in [3.8, 4) is 11.8 Å². The Morgan fingerprint density at radius 3 is 2.24 bits per heavy atom. The molecule has 0 fully saturated rings. The Morgan fingerprint density at radius 1 is 1.00 bits per heavy atom. The molecule has 0 aliphatic carbocycles. The smallest absolute Gasteiger partial charge is 0.233 e. The normalized spacial score (nSPS) is 12.8. The van der Waals surface area contributed by atoms with E-state index in [9.17, 15) is 5.11 Å². The molecule has 11 heteroatoms. The van der Waals surface area contributed by atoms with Crippen LogP contribution in [0, 0.1) is 0 Å². The van der Waals surface area contributed by atoms with Gasteiger partial charge < -0.3 is 30.1 Å². The summed E-state index contributed by atoms with van der Waals surface area (Å²) in [6.07, 6.45) is 2.21. The molecule has 0 spiro atoms. The molecule has 2 aromatic heterocycles. The highest BCUT2D eigenvalue weighted by Crippen LogP contribution is 2.26. The summed E-state index contributed by atoms with van der Waals surface area (Å²) in [6, 6.07) is 9.26. The van der Waals surface area contributed by atoms with Crippen LogP contribution in [0.5, 0.6) is 11.8 Å². The maximum absolute atomic E-state index is 9.66. The first kappa shape index (κ1) is 24.6. The second-order valence-corrected chi connectivity index (χ2v) is 8.46. The minimum absolute atomic E-state index is 0.351. The zero-order valence-electron chi connectivity index (χ0n) is 19.0. The average Bonchev–Trinajstić information content (AvgIpc) is 2.77. The average molecular weight is 518 g/mol. The molecule has 0 aliphatic rings. The van der Waals surface area contributed by atoms with Crippen LogP contribution in [-0.2, 0) is 0 Å². The van der Waals surface area contributed by atoms with Crippen LogP contribution in [-0.4, -0.2) is 69.4 Å². The van der Waals surface area contributed by atoms with Gasteiger partial charge in [0.05, 0.1) is 16.8 Å². The highest BCUT2D eigenvalue weighted by Gasteiger charge is 2.15. The summed E-state index contributed by atoms with van der Waals surface area (Å²) in [5.41, 5.74) is 1.61. The minimum Gasteiger partial charge on any atom is -0.476 e. The van der Waals surface area contributed by atoms with Crippen molar-refractivity contribution in [3.63, 3.8) is 0 Å². The Labute approximate surface area is 201 Å². The van der Waals surface area contributed by atoms with Gasteiger partial charge in [-0.05, 0) is 68.1 Å². The predicted molar refractivity (Wildman–Crippen MR) is 131 cm³/mol. The summed E-state index contributed by atoms with van der Waals surface area (Å²) in [7, 11) is 3.98. The van der Waals surface area contributed by atoms with Crippen molar-refractivity contribution in [2.75, 3.05) is 37.9 Å². The van der Waals surface area contributed by atoms with Crippen LogP contribution in [0.25, 0.3) is 0 Å². The van der Waals surface area contributed by atoms with E-state index in [1.54, 1.807) is 32.3 Å². The molecular formula is C22H28BrN7O3. The van der Waals surface area contributed by atoms with Crippen LogP contribution in [0.2, 0.25) is 0 Å². The highest BCUT2D eigenvalue weighted by molar-refractivity contribution is 9.10. The van der Waals surface area contributed by atoms with Gasteiger partial charge in [0.15, 0.2) is 0 Å². The number of hydrogen-bond acceptors (Lipinski definition) is 10. The van der Waals surface area contributed by atoms with Gasteiger partial charge in [0, 0.05) is 30.2 Å². The maximum Gasteiger partial charge on any atom is 0.233 e. The summed E-state index contributed by atoms with van der Waals surface area (Å²) in [5.74, 6) is 1.69. The molecule has 2 heterocycles. The lowest BCUT2D eigenvalue weighted by atomic mass is 10.3. The standard InChI is InChI=1S/C22H28BrN7O3/c1-14(31)15(2)33-20-18(23)13-25-22(29-20)27-17-7-5-16(6-8-17)26-21-24-10-9-19(28-21)32-12-11-30(3)4/h5-10,13-15,31H,11-12H2,1-4H3,(H,24,26,28)(H,25,27,29)/t14-,15-/m1/s1. The van der Waals surface area contributed by atoms with Gasteiger partial charge in [0.25, 0.3) is 0 Å². The van der Waals surface area contributed by atoms with Crippen LogP contribution >= 0.6 is 15.9 Å². The fourth-order valence-corrected chi connectivity index (χ4v) is 2.76. The minimum atomic E-state index is -0.627.